The summed E-state index contributed by atoms with van der Waals surface area (Å²) < 4.78 is 48.8. The SMILES string of the molecule is CC.Cc1ccc2c(c1)COP(=O)(OCC1CCC(n3cc(F)c(=O)[nH]c3=O)O1)O2. The van der Waals surface area contributed by atoms with Gasteiger partial charge in [-0.1, -0.05) is 31.5 Å². The highest BCUT2D eigenvalue weighted by atomic mass is 31.2. The molecule has 164 valence electrons. The zero-order valence-electron chi connectivity index (χ0n) is 16.9. The second-order valence-corrected chi connectivity index (χ2v) is 8.25. The first-order valence-electron chi connectivity index (χ1n) is 9.68. The van der Waals surface area contributed by atoms with Gasteiger partial charge in [-0.15, -0.1) is 0 Å². The van der Waals surface area contributed by atoms with Gasteiger partial charge in [0.25, 0.3) is 5.56 Å². The summed E-state index contributed by atoms with van der Waals surface area (Å²) in [7, 11) is -3.78. The number of nitrogens with one attached hydrogen (secondary N) is 1. The number of aryl methyl sites for hydroxylation is 1. The molecule has 0 amide bonds. The minimum absolute atomic E-state index is 0.0877. The number of aromatic amines is 1. The Balaban J connectivity index is 0.00000124. The van der Waals surface area contributed by atoms with Crippen LogP contribution in [0.1, 0.15) is 44.0 Å². The number of nitrogens with zero attached hydrogens (tertiary/aromatic N) is 1. The third kappa shape index (κ3) is 4.89. The van der Waals surface area contributed by atoms with Gasteiger partial charge in [0, 0.05) is 5.56 Å². The second-order valence-electron chi connectivity index (χ2n) is 6.65. The monoisotopic (exact) mass is 442 g/mol. The molecule has 1 aromatic heterocycles. The summed E-state index contributed by atoms with van der Waals surface area (Å²) in [5.41, 5.74) is -0.0365. The van der Waals surface area contributed by atoms with E-state index in [1.54, 1.807) is 6.07 Å². The van der Waals surface area contributed by atoms with E-state index in [2.05, 4.69) is 0 Å². The molecule has 4 rings (SSSR count). The molecule has 1 fully saturated rings. The Morgan fingerprint density at radius 1 is 1.30 bits per heavy atom. The Labute approximate surface area is 172 Å². The highest BCUT2D eigenvalue weighted by Gasteiger charge is 2.37. The molecule has 30 heavy (non-hydrogen) atoms. The van der Waals surface area contributed by atoms with Crippen molar-refractivity contribution in [2.75, 3.05) is 6.61 Å². The third-order valence-electron chi connectivity index (χ3n) is 4.54. The molecule has 0 saturated carbocycles. The molecular formula is C19H24FN2O7P. The Bertz CT molecular complexity index is 1070. The smallest absolute Gasteiger partial charge is 0.404 e. The topological polar surface area (TPSA) is 109 Å². The molecule has 1 aromatic carbocycles. The van der Waals surface area contributed by atoms with E-state index in [0.29, 0.717) is 18.6 Å². The molecule has 0 aliphatic carbocycles. The van der Waals surface area contributed by atoms with Crippen molar-refractivity contribution in [1.82, 2.24) is 9.55 Å². The van der Waals surface area contributed by atoms with Crippen LogP contribution >= 0.6 is 7.82 Å². The zero-order valence-corrected chi connectivity index (χ0v) is 17.8. The third-order valence-corrected chi connectivity index (χ3v) is 5.87. The number of halogens is 1. The zero-order chi connectivity index (χ0) is 21.9. The lowest BCUT2D eigenvalue weighted by Gasteiger charge is -2.26. The minimum atomic E-state index is -3.78. The molecule has 3 atom stereocenters. The maximum atomic E-state index is 13.4. The van der Waals surface area contributed by atoms with Gasteiger partial charge in [-0.25, -0.2) is 9.36 Å². The van der Waals surface area contributed by atoms with Crippen LogP contribution in [0.15, 0.2) is 34.0 Å². The number of ether oxygens (including phenoxy) is 1. The van der Waals surface area contributed by atoms with Crippen LogP contribution in [0.4, 0.5) is 4.39 Å². The van der Waals surface area contributed by atoms with E-state index in [0.717, 1.165) is 21.9 Å². The lowest BCUT2D eigenvalue weighted by atomic mass is 10.1. The van der Waals surface area contributed by atoms with E-state index in [9.17, 15) is 18.5 Å². The molecule has 1 saturated heterocycles. The summed E-state index contributed by atoms with van der Waals surface area (Å²) in [5, 5.41) is 0. The van der Waals surface area contributed by atoms with Gasteiger partial charge < -0.3 is 9.26 Å². The molecular weight excluding hydrogens is 418 g/mol. The Morgan fingerprint density at radius 2 is 2.07 bits per heavy atom. The molecule has 11 heteroatoms. The summed E-state index contributed by atoms with van der Waals surface area (Å²) in [6.45, 7) is 5.95. The first-order valence-corrected chi connectivity index (χ1v) is 11.1. The fourth-order valence-electron chi connectivity index (χ4n) is 3.13. The number of hydrogen-bond donors (Lipinski definition) is 1. The van der Waals surface area contributed by atoms with E-state index >= 15 is 0 Å². The maximum absolute atomic E-state index is 13.4. The lowest BCUT2D eigenvalue weighted by molar-refractivity contribution is -0.0268. The Kier molecular flexibility index (Phi) is 6.92. The molecule has 0 spiro atoms. The molecule has 0 bridgehead atoms. The normalized spacial score (nSPS) is 25.1. The van der Waals surface area contributed by atoms with Gasteiger partial charge in [0.05, 0.1) is 25.5 Å². The van der Waals surface area contributed by atoms with Gasteiger partial charge in [-0.2, -0.15) is 4.39 Å². The molecule has 2 aliphatic heterocycles. The van der Waals surface area contributed by atoms with Crippen molar-refractivity contribution < 1.29 is 27.3 Å². The van der Waals surface area contributed by atoms with Crippen molar-refractivity contribution in [1.29, 1.82) is 0 Å². The van der Waals surface area contributed by atoms with Crippen molar-refractivity contribution in [3.05, 3.63) is 62.2 Å². The van der Waals surface area contributed by atoms with E-state index < -0.39 is 37.2 Å². The van der Waals surface area contributed by atoms with Gasteiger partial charge in [0.15, 0.2) is 0 Å². The Morgan fingerprint density at radius 3 is 2.83 bits per heavy atom. The minimum Gasteiger partial charge on any atom is -0.404 e. The predicted octanol–water partition coefficient (Wildman–Crippen LogP) is 3.42. The summed E-state index contributed by atoms with van der Waals surface area (Å²) >= 11 is 0. The van der Waals surface area contributed by atoms with E-state index in [1.165, 1.54) is 0 Å². The maximum Gasteiger partial charge on any atom is 0.530 e. The van der Waals surface area contributed by atoms with Crippen LogP contribution in [0.3, 0.4) is 0 Å². The van der Waals surface area contributed by atoms with Crippen LogP contribution in [0, 0.1) is 12.7 Å². The number of hydrogen-bond acceptors (Lipinski definition) is 7. The van der Waals surface area contributed by atoms with E-state index in [-0.39, 0.29) is 13.2 Å². The highest BCUT2D eigenvalue weighted by molar-refractivity contribution is 7.49. The average Bonchev–Trinajstić information content (AvgIpc) is 3.20. The Hall–Kier alpha value is -2.26. The molecule has 3 unspecified atom stereocenters. The number of H-pyrrole nitrogens is 1. The molecule has 2 aliphatic rings. The van der Waals surface area contributed by atoms with E-state index in [4.69, 9.17) is 18.3 Å². The van der Waals surface area contributed by atoms with Crippen molar-refractivity contribution in [3.8, 4) is 5.75 Å². The van der Waals surface area contributed by atoms with Crippen molar-refractivity contribution in [2.45, 2.75) is 52.6 Å². The second kappa shape index (κ2) is 9.26. The predicted molar refractivity (Wildman–Crippen MR) is 106 cm³/mol. The van der Waals surface area contributed by atoms with Gasteiger partial charge in [0.1, 0.15) is 12.0 Å². The molecule has 9 nitrogen and oxygen atoms in total. The summed E-state index contributed by atoms with van der Waals surface area (Å²) in [4.78, 5) is 24.8. The fourth-order valence-corrected chi connectivity index (χ4v) is 4.38. The van der Waals surface area contributed by atoms with Crippen molar-refractivity contribution in [3.63, 3.8) is 0 Å². The van der Waals surface area contributed by atoms with Crippen LogP contribution in [0.5, 0.6) is 5.75 Å². The summed E-state index contributed by atoms with van der Waals surface area (Å²) in [6.07, 6.45) is 0.430. The van der Waals surface area contributed by atoms with Crippen molar-refractivity contribution >= 4 is 7.82 Å². The number of fused-ring (bicyclic) bond motifs is 1. The number of aromatic nitrogens is 2. The highest BCUT2D eigenvalue weighted by Crippen LogP contribution is 2.54. The van der Waals surface area contributed by atoms with Gasteiger partial charge >= 0.3 is 13.5 Å². The average molecular weight is 442 g/mol. The largest absolute Gasteiger partial charge is 0.530 e. The lowest BCUT2D eigenvalue weighted by Crippen LogP contribution is -2.34. The summed E-state index contributed by atoms with van der Waals surface area (Å²) in [6, 6.07) is 5.42. The number of phosphoric ester groups is 1. The van der Waals surface area contributed by atoms with E-state index in [1.807, 2.05) is 37.9 Å². The van der Waals surface area contributed by atoms with Gasteiger partial charge in [-0.3, -0.25) is 23.4 Å². The fraction of sp³-hybridized carbons (Fsp3) is 0.474. The van der Waals surface area contributed by atoms with Crippen LogP contribution < -0.4 is 15.8 Å². The number of phosphoric acid groups is 1. The number of rotatable bonds is 4. The van der Waals surface area contributed by atoms with Crippen LogP contribution in [0.2, 0.25) is 0 Å². The molecule has 0 radical (unpaired) electrons. The quantitative estimate of drug-likeness (QED) is 0.723. The molecule has 1 N–H and O–H groups in total. The van der Waals surface area contributed by atoms with Gasteiger partial charge in [0.2, 0.25) is 5.82 Å². The molecule has 2 aromatic rings. The van der Waals surface area contributed by atoms with Crippen LogP contribution in [-0.2, 0) is 25.0 Å². The standard InChI is InChI=1S/C17H18FN2O7P.C2H6/c1-10-2-4-14-11(6-10)8-24-28(23,27-14)25-9-12-3-5-15(26-12)20-7-13(18)16(21)19-17(20)22;1-2/h2,4,6-7,12,15H,3,5,8-9H2,1H3,(H,19,21,22);1-2H3. The first kappa shape index (κ1) is 22.4. The molecule has 3 heterocycles. The van der Waals surface area contributed by atoms with Crippen LogP contribution in [-0.4, -0.2) is 22.3 Å². The summed E-state index contributed by atoms with van der Waals surface area (Å²) in [5.74, 6) is -0.633. The first-order chi connectivity index (χ1) is 14.3. The van der Waals surface area contributed by atoms with Crippen LogP contribution in [0.25, 0.3) is 0 Å². The van der Waals surface area contributed by atoms with Crippen molar-refractivity contribution in [2.24, 2.45) is 0 Å². The number of benzene rings is 1. The van der Waals surface area contributed by atoms with Gasteiger partial charge in [-0.05, 0) is 25.8 Å².